The number of aromatic nitrogens is 3. The van der Waals surface area contributed by atoms with Gasteiger partial charge in [-0.3, -0.25) is 0 Å². The Morgan fingerprint density at radius 3 is 2.73 bits per heavy atom. The molecule has 6 heteroatoms. The van der Waals surface area contributed by atoms with Gasteiger partial charge >= 0.3 is 5.97 Å². The van der Waals surface area contributed by atoms with Crippen LogP contribution in [-0.2, 0) is 0 Å². The van der Waals surface area contributed by atoms with Crippen molar-refractivity contribution in [1.82, 2.24) is 14.6 Å². The van der Waals surface area contributed by atoms with Crippen molar-refractivity contribution in [2.24, 2.45) is 0 Å². The van der Waals surface area contributed by atoms with E-state index in [9.17, 15) is 4.79 Å². The van der Waals surface area contributed by atoms with Crippen LogP contribution in [0.5, 0.6) is 0 Å². The number of fused-ring (bicyclic) bond motifs is 1. The van der Waals surface area contributed by atoms with Crippen molar-refractivity contribution in [2.75, 3.05) is 0 Å². The Hall–Kier alpha value is -1.43. The summed E-state index contributed by atoms with van der Waals surface area (Å²) in [6, 6.07) is 0. The minimum Gasteiger partial charge on any atom is -0.476 e. The zero-order valence-corrected chi connectivity index (χ0v) is 9.50. The second-order valence-electron chi connectivity index (χ2n) is 3.64. The fourth-order valence-electron chi connectivity index (χ4n) is 1.34. The number of carboxylic acids is 1. The molecule has 0 aliphatic rings. The quantitative estimate of drug-likeness (QED) is 0.847. The zero-order valence-electron chi connectivity index (χ0n) is 8.68. The maximum Gasteiger partial charge on any atom is 0.356 e. The molecule has 15 heavy (non-hydrogen) atoms. The van der Waals surface area contributed by atoms with Gasteiger partial charge in [0.1, 0.15) is 5.01 Å². The molecule has 0 saturated carbocycles. The molecule has 0 aliphatic heterocycles. The average Bonchev–Trinajstić information content (AvgIpc) is 2.58. The minimum atomic E-state index is -0.986. The first-order chi connectivity index (χ1) is 7.00. The van der Waals surface area contributed by atoms with E-state index in [4.69, 9.17) is 5.11 Å². The zero-order chi connectivity index (χ0) is 11.2. The van der Waals surface area contributed by atoms with Gasteiger partial charge in [0.2, 0.25) is 4.96 Å². The summed E-state index contributed by atoms with van der Waals surface area (Å²) in [5, 5.41) is 14.2. The van der Waals surface area contributed by atoms with E-state index in [1.165, 1.54) is 15.9 Å². The first kappa shape index (κ1) is 10.1. The highest BCUT2D eigenvalue weighted by Crippen LogP contribution is 2.23. The monoisotopic (exact) mass is 225 g/mol. The summed E-state index contributed by atoms with van der Waals surface area (Å²) in [6.45, 7) is 5.72. The second-order valence-corrected chi connectivity index (χ2v) is 4.63. The van der Waals surface area contributed by atoms with Crippen LogP contribution in [0.4, 0.5) is 0 Å². The molecule has 5 nitrogen and oxygen atoms in total. The van der Waals surface area contributed by atoms with Crippen LogP contribution in [0.2, 0.25) is 0 Å². The van der Waals surface area contributed by atoms with Crippen LogP contribution < -0.4 is 0 Å². The highest BCUT2D eigenvalue weighted by molar-refractivity contribution is 7.16. The molecule has 2 heterocycles. The lowest BCUT2D eigenvalue weighted by atomic mass is 10.2. The number of carboxylic acid groups (broad SMARTS) is 1. The maximum absolute atomic E-state index is 11.0. The van der Waals surface area contributed by atoms with Crippen molar-refractivity contribution >= 4 is 22.3 Å². The predicted octanol–water partition coefficient (Wildman–Crippen LogP) is 1.92. The Morgan fingerprint density at radius 1 is 1.53 bits per heavy atom. The molecule has 0 fully saturated rings. The molecule has 0 unspecified atom stereocenters. The van der Waals surface area contributed by atoms with Gasteiger partial charge in [-0.2, -0.15) is 9.61 Å². The first-order valence-corrected chi connectivity index (χ1v) is 5.41. The van der Waals surface area contributed by atoms with Gasteiger partial charge in [-0.05, 0) is 6.92 Å². The Balaban J connectivity index is 2.69. The molecule has 1 N–H and O–H groups in total. The highest BCUT2D eigenvalue weighted by atomic mass is 32.1. The van der Waals surface area contributed by atoms with E-state index in [0.717, 1.165) is 5.01 Å². The standard InChI is InChI=1S/C9H11N3O2S/c1-4(2)7-11-12-6(8(13)14)5(3)10-9(12)15-7/h4H,1-3H3,(H,13,14). The van der Waals surface area contributed by atoms with Crippen LogP contribution in [0.3, 0.4) is 0 Å². The topological polar surface area (TPSA) is 67.5 Å². The normalized spacial score (nSPS) is 11.5. The summed E-state index contributed by atoms with van der Waals surface area (Å²) in [4.78, 5) is 15.8. The van der Waals surface area contributed by atoms with E-state index in [2.05, 4.69) is 10.1 Å². The van der Waals surface area contributed by atoms with E-state index in [0.29, 0.717) is 16.6 Å². The molecule has 2 rings (SSSR count). The van der Waals surface area contributed by atoms with E-state index in [-0.39, 0.29) is 5.69 Å². The van der Waals surface area contributed by atoms with Crippen molar-refractivity contribution in [3.8, 4) is 0 Å². The molecule has 0 radical (unpaired) electrons. The molecular formula is C9H11N3O2S. The SMILES string of the molecule is Cc1nc2sc(C(C)C)nn2c1C(=O)O. The molecule has 0 spiro atoms. The average molecular weight is 225 g/mol. The Morgan fingerprint density at radius 2 is 2.20 bits per heavy atom. The van der Waals surface area contributed by atoms with Gasteiger partial charge in [-0.15, -0.1) is 0 Å². The first-order valence-electron chi connectivity index (χ1n) is 4.60. The number of hydrogen-bond donors (Lipinski definition) is 1. The van der Waals surface area contributed by atoms with Crippen LogP contribution in [0.1, 0.15) is 41.0 Å². The predicted molar refractivity (Wildman–Crippen MR) is 56.6 cm³/mol. The summed E-state index contributed by atoms with van der Waals surface area (Å²) >= 11 is 1.44. The fourth-order valence-corrected chi connectivity index (χ4v) is 2.29. The molecule has 0 aliphatic carbocycles. The van der Waals surface area contributed by atoms with E-state index in [1.54, 1.807) is 6.92 Å². The fraction of sp³-hybridized carbons (Fsp3) is 0.444. The van der Waals surface area contributed by atoms with Gasteiger partial charge < -0.3 is 5.11 Å². The summed E-state index contributed by atoms with van der Waals surface area (Å²) in [6.07, 6.45) is 0. The van der Waals surface area contributed by atoms with Crippen molar-refractivity contribution in [3.05, 3.63) is 16.4 Å². The lowest BCUT2D eigenvalue weighted by Gasteiger charge is -1.95. The van der Waals surface area contributed by atoms with Gasteiger partial charge in [-0.25, -0.2) is 9.78 Å². The number of carbonyl (C=O) groups is 1. The van der Waals surface area contributed by atoms with Gasteiger partial charge in [0, 0.05) is 5.92 Å². The molecule has 2 aromatic rings. The lowest BCUT2D eigenvalue weighted by Crippen LogP contribution is -2.05. The Kier molecular flexibility index (Phi) is 2.22. The van der Waals surface area contributed by atoms with Gasteiger partial charge in [0.25, 0.3) is 0 Å². The number of nitrogens with zero attached hydrogens (tertiary/aromatic N) is 3. The van der Waals surface area contributed by atoms with Crippen molar-refractivity contribution in [3.63, 3.8) is 0 Å². The van der Waals surface area contributed by atoms with Crippen LogP contribution in [-0.4, -0.2) is 25.7 Å². The minimum absolute atomic E-state index is 0.160. The third kappa shape index (κ3) is 1.50. The van der Waals surface area contributed by atoms with E-state index < -0.39 is 5.97 Å². The van der Waals surface area contributed by atoms with Gasteiger partial charge in [0.05, 0.1) is 5.69 Å². The second kappa shape index (κ2) is 3.30. The Labute approximate surface area is 90.4 Å². The molecule has 2 aromatic heterocycles. The van der Waals surface area contributed by atoms with E-state index >= 15 is 0 Å². The summed E-state index contributed by atoms with van der Waals surface area (Å²) in [5.41, 5.74) is 0.671. The number of imidazole rings is 1. The molecule has 80 valence electrons. The van der Waals surface area contributed by atoms with Crippen molar-refractivity contribution in [1.29, 1.82) is 0 Å². The number of hydrogen-bond acceptors (Lipinski definition) is 4. The number of rotatable bonds is 2. The molecule has 0 aromatic carbocycles. The van der Waals surface area contributed by atoms with Crippen molar-refractivity contribution < 1.29 is 9.90 Å². The number of aryl methyl sites for hydroxylation is 1. The summed E-state index contributed by atoms with van der Waals surface area (Å²) in [7, 11) is 0. The molecule has 0 atom stereocenters. The Bertz CT molecular complexity index is 527. The largest absolute Gasteiger partial charge is 0.476 e. The van der Waals surface area contributed by atoms with E-state index in [1.807, 2.05) is 13.8 Å². The molecule has 0 bridgehead atoms. The third-order valence-electron chi connectivity index (χ3n) is 2.09. The van der Waals surface area contributed by atoms with Crippen molar-refractivity contribution in [2.45, 2.75) is 26.7 Å². The highest BCUT2D eigenvalue weighted by Gasteiger charge is 2.19. The van der Waals surface area contributed by atoms with Crippen LogP contribution >= 0.6 is 11.3 Å². The summed E-state index contributed by atoms with van der Waals surface area (Å²) in [5.74, 6) is -0.695. The van der Waals surface area contributed by atoms with Gasteiger partial charge in [-0.1, -0.05) is 25.2 Å². The molecule has 0 saturated heterocycles. The molecule has 0 amide bonds. The third-order valence-corrected chi connectivity index (χ3v) is 3.30. The lowest BCUT2D eigenvalue weighted by molar-refractivity contribution is 0.0687. The maximum atomic E-state index is 11.0. The van der Waals surface area contributed by atoms with Crippen LogP contribution in [0.15, 0.2) is 0 Å². The number of aromatic carboxylic acids is 1. The van der Waals surface area contributed by atoms with Crippen LogP contribution in [0, 0.1) is 6.92 Å². The molecular weight excluding hydrogens is 214 g/mol. The smallest absolute Gasteiger partial charge is 0.356 e. The summed E-state index contributed by atoms with van der Waals surface area (Å²) < 4.78 is 1.41. The van der Waals surface area contributed by atoms with Gasteiger partial charge in [0.15, 0.2) is 5.69 Å². The van der Waals surface area contributed by atoms with Crippen LogP contribution in [0.25, 0.3) is 4.96 Å².